The van der Waals surface area contributed by atoms with Crippen LogP contribution in [-0.4, -0.2) is 12.5 Å². The fraction of sp³-hybridized carbons (Fsp3) is 0.125. The largest absolute Gasteiger partial charge is 0.421 e. The molecule has 0 N–H and O–H groups in total. The minimum absolute atomic E-state index is 0.423. The van der Waals surface area contributed by atoms with Crippen LogP contribution in [0.2, 0.25) is 5.02 Å². The van der Waals surface area contributed by atoms with E-state index in [2.05, 4.69) is 20.9 Å². The van der Waals surface area contributed by atoms with Crippen molar-refractivity contribution in [2.75, 3.05) is 6.54 Å². The van der Waals surface area contributed by atoms with Gasteiger partial charge in [0.25, 0.3) is 0 Å². The maximum absolute atomic E-state index is 12.3. The van der Waals surface area contributed by atoms with Crippen LogP contribution in [0.3, 0.4) is 0 Å². The molecule has 3 nitrogen and oxygen atoms in total. The van der Waals surface area contributed by atoms with E-state index in [1.54, 1.807) is 30.3 Å². The van der Waals surface area contributed by atoms with Crippen molar-refractivity contribution in [3.8, 4) is 5.75 Å². The first-order valence-electron chi connectivity index (χ1n) is 6.47. The fourth-order valence-corrected chi connectivity index (χ4v) is 2.85. The minimum atomic E-state index is -0.423. The van der Waals surface area contributed by atoms with Gasteiger partial charge in [-0.3, -0.25) is 4.99 Å². The average Bonchev–Trinajstić information content (AvgIpc) is 2.51. The number of rotatable bonds is 2. The SMILES string of the molecule is O=C(Oc1ccc(Cl)c2c1=NCCC=2)c1ccccc1Br. The maximum Gasteiger partial charge on any atom is 0.344 e. The van der Waals surface area contributed by atoms with Crippen molar-refractivity contribution in [2.24, 2.45) is 4.99 Å². The number of halogens is 2. The van der Waals surface area contributed by atoms with Crippen LogP contribution in [0.25, 0.3) is 6.08 Å². The van der Waals surface area contributed by atoms with Gasteiger partial charge in [0.2, 0.25) is 0 Å². The number of fused-ring (bicyclic) bond motifs is 1. The van der Waals surface area contributed by atoms with E-state index in [0.717, 1.165) is 11.6 Å². The van der Waals surface area contributed by atoms with Crippen molar-refractivity contribution >= 4 is 39.6 Å². The topological polar surface area (TPSA) is 38.7 Å². The summed E-state index contributed by atoms with van der Waals surface area (Å²) in [5, 5.41) is 2.10. The molecule has 2 aromatic rings. The summed E-state index contributed by atoms with van der Waals surface area (Å²) in [6, 6.07) is 10.5. The third kappa shape index (κ3) is 2.87. The molecule has 106 valence electrons. The Morgan fingerprint density at radius 3 is 2.86 bits per heavy atom. The van der Waals surface area contributed by atoms with Crippen molar-refractivity contribution in [1.82, 2.24) is 0 Å². The molecule has 0 aromatic heterocycles. The van der Waals surface area contributed by atoms with E-state index < -0.39 is 5.97 Å². The molecule has 0 aliphatic carbocycles. The molecule has 1 aliphatic rings. The zero-order valence-electron chi connectivity index (χ0n) is 11.0. The van der Waals surface area contributed by atoms with Gasteiger partial charge in [0.1, 0.15) is 5.36 Å². The predicted molar refractivity (Wildman–Crippen MR) is 85.3 cm³/mol. The number of ether oxygens (including phenoxy) is 1. The van der Waals surface area contributed by atoms with Crippen molar-refractivity contribution in [2.45, 2.75) is 6.42 Å². The standard InChI is InChI=1S/C16H11BrClNO2/c17-12-6-2-1-4-10(12)16(20)21-14-8-7-13(18)11-5-3-9-19-15(11)14/h1-2,4-8H,3,9H2. The summed E-state index contributed by atoms with van der Waals surface area (Å²) >= 11 is 9.50. The van der Waals surface area contributed by atoms with Gasteiger partial charge in [-0.2, -0.15) is 0 Å². The highest BCUT2D eigenvalue weighted by molar-refractivity contribution is 9.10. The molecular formula is C16H11BrClNO2. The van der Waals surface area contributed by atoms with E-state index in [1.807, 2.05) is 12.1 Å². The van der Waals surface area contributed by atoms with Gasteiger partial charge in [-0.1, -0.05) is 29.8 Å². The Hall–Kier alpha value is -1.65. The molecule has 0 amide bonds. The van der Waals surface area contributed by atoms with Gasteiger partial charge in [0.05, 0.1) is 5.56 Å². The highest BCUT2D eigenvalue weighted by Gasteiger charge is 2.14. The molecular weight excluding hydrogens is 354 g/mol. The first kappa shape index (κ1) is 14.3. The number of esters is 1. The van der Waals surface area contributed by atoms with Crippen LogP contribution in [-0.2, 0) is 0 Å². The molecule has 0 radical (unpaired) electrons. The number of benzene rings is 2. The molecule has 0 spiro atoms. The number of nitrogens with zero attached hydrogens (tertiary/aromatic N) is 1. The quantitative estimate of drug-likeness (QED) is 0.606. The predicted octanol–water partition coefficient (Wildman–Crippen LogP) is 3.13. The Morgan fingerprint density at radius 2 is 2.05 bits per heavy atom. The molecule has 3 rings (SSSR count). The maximum atomic E-state index is 12.3. The van der Waals surface area contributed by atoms with Crippen LogP contribution in [0.5, 0.6) is 5.75 Å². The minimum Gasteiger partial charge on any atom is -0.421 e. The smallest absolute Gasteiger partial charge is 0.344 e. The van der Waals surface area contributed by atoms with Crippen LogP contribution in [0.1, 0.15) is 16.8 Å². The van der Waals surface area contributed by atoms with Crippen LogP contribution < -0.4 is 15.3 Å². The summed E-state index contributed by atoms with van der Waals surface area (Å²) < 4.78 is 6.19. The van der Waals surface area contributed by atoms with Crippen molar-refractivity contribution < 1.29 is 9.53 Å². The lowest BCUT2D eigenvalue weighted by Gasteiger charge is -2.09. The number of hydrogen-bond acceptors (Lipinski definition) is 3. The molecule has 0 unspecified atom stereocenters. The lowest BCUT2D eigenvalue weighted by Crippen LogP contribution is -2.32. The zero-order chi connectivity index (χ0) is 14.8. The molecule has 2 aromatic carbocycles. The van der Waals surface area contributed by atoms with Crippen molar-refractivity contribution in [3.05, 3.63) is 62.0 Å². The third-order valence-electron chi connectivity index (χ3n) is 3.17. The van der Waals surface area contributed by atoms with Gasteiger partial charge in [0.15, 0.2) is 5.75 Å². The summed E-state index contributed by atoms with van der Waals surface area (Å²) in [4.78, 5) is 16.7. The van der Waals surface area contributed by atoms with E-state index in [4.69, 9.17) is 16.3 Å². The normalized spacial score (nSPS) is 12.9. The number of carbonyl (C=O) groups excluding carboxylic acids is 1. The van der Waals surface area contributed by atoms with Crippen LogP contribution in [0, 0.1) is 0 Å². The van der Waals surface area contributed by atoms with Gasteiger partial charge in [-0.15, -0.1) is 0 Å². The molecule has 0 atom stereocenters. The van der Waals surface area contributed by atoms with Gasteiger partial charge in [-0.05, 0) is 46.6 Å². The summed E-state index contributed by atoms with van der Waals surface area (Å²) in [5.74, 6) is 0.0128. The highest BCUT2D eigenvalue weighted by atomic mass is 79.9. The average molecular weight is 365 g/mol. The second-order valence-corrected chi connectivity index (χ2v) is 5.81. The third-order valence-corrected chi connectivity index (χ3v) is 4.19. The van der Waals surface area contributed by atoms with E-state index in [9.17, 15) is 4.79 Å². The Balaban J connectivity index is 2.01. The Kier molecular flexibility index (Phi) is 4.08. The molecule has 0 saturated heterocycles. The summed E-state index contributed by atoms with van der Waals surface area (Å²) in [6.07, 6.45) is 2.86. The Morgan fingerprint density at radius 1 is 1.24 bits per heavy atom. The van der Waals surface area contributed by atoms with Crippen molar-refractivity contribution in [3.63, 3.8) is 0 Å². The lowest BCUT2D eigenvalue weighted by molar-refractivity contribution is 0.0731. The zero-order valence-corrected chi connectivity index (χ0v) is 13.3. The lowest BCUT2D eigenvalue weighted by atomic mass is 10.2. The second-order valence-electron chi connectivity index (χ2n) is 4.55. The Bertz CT molecular complexity index is 833. The summed E-state index contributed by atoms with van der Waals surface area (Å²) in [6.45, 7) is 0.674. The van der Waals surface area contributed by atoms with Crippen molar-refractivity contribution in [1.29, 1.82) is 0 Å². The van der Waals surface area contributed by atoms with Gasteiger partial charge in [-0.25, -0.2) is 4.79 Å². The van der Waals surface area contributed by atoms with Crippen LogP contribution >= 0.6 is 27.5 Å². The number of hydrogen-bond donors (Lipinski definition) is 0. The Labute approximate surface area is 135 Å². The monoisotopic (exact) mass is 363 g/mol. The van der Waals surface area contributed by atoms with Gasteiger partial charge < -0.3 is 4.74 Å². The summed E-state index contributed by atoms with van der Waals surface area (Å²) in [7, 11) is 0. The first-order valence-corrected chi connectivity index (χ1v) is 7.64. The summed E-state index contributed by atoms with van der Waals surface area (Å²) in [5.41, 5.74) is 0.473. The molecule has 1 aliphatic heterocycles. The van der Waals surface area contributed by atoms with Gasteiger partial charge >= 0.3 is 5.97 Å². The molecule has 0 fully saturated rings. The molecule has 0 bridgehead atoms. The molecule has 21 heavy (non-hydrogen) atoms. The van der Waals surface area contributed by atoms with E-state index >= 15 is 0 Å². The van der Waals surface area contributed by atoms with E-state index in [0.29, 0.717) is 32.7 Å². The second kappa shape index (κ2) is 6.00. The van der Waals surface area contributed by atoms with Gasteiger partial charge in [0, 0.05) is 21.3 Å². The van der Waals surface area contributed by atoms with E-state index in [-0.39, 0.29) is 0 Å². The van der Waals surface area contributed by atoms with Crippen LogP contribution in [0.15, 0.2) is 45.9 Å². The van der Waals surface area contributed by atoms with E-state index in [1.165, 1.54) is 0 Å². The molecule has 0 saturated carbocycles. The van der Waals surface area contributed by atoms with Crippen LogP contribution in [0.4, 0.5) is 0 Å². The first-order chi connectivity index (χ1) is 10.2. The molecule has 5 heteroatoms. The molecule has 1 heterocycles. The fourth-order valence-electron chi connectivity index (χ4n) is 2.17. The highest BCUT2D eigenvalue weighted by Crippen LogP contribution is 2.18. The number of carbonyl (C=O) groups is 1.